The van der Waals surface area contributed by atoms with Crippen LogP contribution in [0.2, 0.25) is 0 Å². The van der Waals surface area contributed by atoms with E-state index in [-0.39, 0.29) is 10.3 Å². The average Bonchev–Trinajstić information content (AvgIpc) is 2.87. The number of aryl methyl sites for hydroxylation is 1. The number of fused-ring (bicyclic) bond motifs is 1. The van der Waals surface area contributed by atoms with Gasteiger partial charge in [0.1, 0.15) is 10.9 Å². The zero-order valence-corrected chi connectivity index (χ0v) is 13.9. The lowest BCUT2D eigenvalue weighted by atomic mass is 10.3. The van der Waals surface area contributed by atoms with Gasteiger partial charge in [-0.3, -0.25) is 9.36 Å². The molecule has 1 N–H and O–H groups in total. The summed E-state index contributed by atoms with van der Waals surface area (Å²) in [6, 6.07) is 1.12. The van der Waals surface area contributed by atoms with Crippen LogP contribution in [0.5, 0.6) is 0 Å². The van der Waals surface area contributed by atoms with E-state index in [0.717, 1.165) is 22.5 Å². The van der Waals surface area contributed by atoms with Crippen LogP contribution in [0.1, 0.15) is 38.1 Å². The number of rotatable bonds is 5. The van der Waals surface area contributed by atoms with Gasteiger partial charge in [0, 0.05) is 4.88 Å². The molecule has 0 spiro atoms. The Labute approximate surface area is 131 Å². The number of esters is 1. The van der Waals surface area contributed by atoms with Crippen molar-refractivity contribution in [2.24, 2.45) is 0 Å². The summed E-state index contributed by atoms with van der Waals surface area (Å²) < 4.78 is 6.64. The van der Waals surface area contributed by atoms with Gasteiger partial charge in [-0.15, -0.1) is 11.3 Å². The lowest BCUT2D eigenvalue weighted by Crippen LogP contribution is -2.30. The number of carbonyl (C=O) groups is 1. The first-order valence-corrected chi connectivity index (χ1v) is 8.15. The van der Waals surface area contributed by atoms with Crippen LogP contribution in [0.3, 0.4) is 0 Å². The number of nitrogens with zero attached hydrogens (tertiary/aromatic N) is 1. The van der Waals surface area contributed by atoms with Gasteiger partial charge in [-0.2, -0.15) is 0 Å². The van der Waals surface area contributed by atoms with E-state index >= 15 is 0 Å². The van der Waals surface area contributed by atoms with Gasteiger partial charge in [0.25, 0.3) is 5.56 Å². The third kappa shape index (κ3) is 3.08. The molecule has 2 aromatic heterocycles. The number of aromatic amines is 1. The van der Waals surface area contributed by atoms with Crippen LogP contribution in [0.15, 0.2) is 10.9 Å². The summed E-state index contributed by atoms with van der Waals surface area (Å²) in [4.78, 5) is 29.4. The zero-order valence-electron chi connectivity index (χ0n) is 12.3. The predicted molar refractivity (Wildman–Crippen MR) is 86.6 cm³/mol. The van der Waals surface area contributed by atoms with Gasteiger partial charge in [0.05, 0.1) is 12.0 Å². The van der Waals surface area contributed by atoms with Gasteiger partial charge in [-0.1, -0.05) is 13.8 Å². The minimum atomic E-state index is -0.734. The fraction of sp³-hybridized carbons (Fsp3) is 0.500. The minimum absolute atomic E-state index is 0.245. The van der Waals surface area contributed by atoms with Gasteiger partial charge >= 0.3 is 5.97 Å². The van der Waals surface area contributed by atoms with E-state index in [1.165, 1.54) is 15.9 Å². The SMILES string of the molecule is CCCOC(=O)C(C)n1c(=S)[nH]c2sc(CC)cc2c1=O. The molecule has 7 heteroatoms. The van der Waals surface area contributed by atoms with Crippen LogP contribution in [-0.2, 0) is 16.0 Å². The minimum Gasteiger partial charge on any atom is -0.464 e. The molecule has 21 heavy (non-hydrogen) atoms. The van der Waals surface area contributed by atoms with Crippen molar-refractivity contribution >= 4 is 39.7 Å². The molecule has 0 amide bonds. The number of aromatic nitrogens is 2. The molecule has 0 radical (unpaired) electrons. The summed E-state index contributed by atoms with van der Waals surface area (Å²) in [6.07, 6.45) is 1.59. The third-order valence-electron chi connectivity index (χ3n) is 3.20. The van der Waals surface area contributed by atoms with E-state index < -0.39 is 12.0 Å². The molecule has 0 aliphatic carbocycles. The fourth-order valence-electron chi connectivity index (χ4n) is 2.03. The summed E-state index contributed by atoms with van der Waals surface area (Å²) in [7, 11) is 0. The van der Waals surface area contributed by atoms with Crippen LogP contribution in [0.4, 0.5) is 0 Å². The second-order valence-corrected chi connectivity index (χ2v) is 6.28. The highest BCUT2D eigenvalue weighted by Crippen LogP contribution is 2.22. The van der Waals surface area contributed by atoms with Crippen molar-refractivity contribution < 1.29 is 9.53 Å². The van der Waals surface area contributed by atoms with Crippen molar-refractivity contribution in [3.63, 3.8) is 0 Å². The Morgan fingerprint density at radius 2 is 2.24 bits per heavy atom. The largest absolute Gasteiger partial charge is 0.464 e. The monoisotopic (exact) mass is 326 g/mol. The molecule has 2 rings (SSSR count). The maximum Gasteiger partial charge on any atom is 0.329 e. The van der Waals surface area contributed by atoms with E-state index in [4.69, 9.17) is 17.0 Å². The van der Waals surface area contributed by atoms with Crippen LogP contribution in [-0.4, -0.2) is 22.1 Å². The third-order valence-corrected chi connectivity index (χ3v) is 4.69. The van der Waals surface area contributed by atoms with Crippen LogP contribution in [0.25, 0.3) is 10.2 Å². The normalized spacial score (nSPS) is 12.5. The lowest BCUT2D eigenvalue weighted by molar-refractivity contribution is -0.147. The molecule has 5 nitrogen and oxygen atoms in total. The van der Waals surface area contributed by atoms with Crippen LogP contribution < -0.4 is 5.56 Å². The summed E-state index contributed by atoms with van der Waals surface area (Å²) >= 11 is 6.74. The number of carbonyl (C=O) groups excluding carboxylic acids is 1. The number of thiophene rings is 1. The Bertz CT molecular complexity index is 773. The smallest absolute Gasteiger partial charge is 0.329 e. The number of nitrogens with one attached hydrogen (secondary N) is 1. The molecule has 0 fully saturated rings. The van der Waals surface area contributed by atoms with Crippen molar-refractivity contribution in [3.8, 4) is 0 Å². The molecule has 0 saturated heterocycles. The van der Waals surface area contributed by atoms with E-state index in [9.17, 15) is 9.59 Å². The maximum absolute atomic E-state index is 12.6. The second-order valence-electron chi connectivity index (χ2n) is 4.76. The molecular weight excluding hydrogens is 308 g/mol. The molecule has 1 atom stereocenters. The van der Waals surface area contributed by atoms with E-state index in [1.54, 1.807) is 6.92 Å². The first kappa shape index (κ1) is 15.9. The summed E-state index contributed by atoms with van der Waals surface area (Å²) in [5.74, 6) is -0.441. The molecule has 2 aromatic rings. The summed E-state index contributed by atoms with van der Waals surface area (Å²) in [5.41, 5.74) is -0.245. The van der Waals surface area contributed by atoms with E-state index in [2.05, 4.69) is 4.98 Å². The first-order chi connectivity index (χ1) is 9.99. The van der Waals surface area contributed by atoms with Crippen LogP contribution in [0, 0.1) is 4.77 Å². The Morgan fingerprint density at radius 3 is 2.86 bits per heavy atom. The average molecular weight is 326 g/mol. The highest BCUT2D eigenvalue weighted by Gasteiger charge is 2.20. The highest BCUT2D eigenvalue weighted by molar-refractivity contribution is 7.71. The second kappa shape index (κ2) is 6.53. The van der Waals surface area contributed by atoms with Crippen molar-refractivity contribution in [1.29, 1.82) is 0 Å². The Balaban J connectivity index is 2.51. The van der Waals surface area contributed by atoms with E-state index in [0.29, 0.717) is 12.0 Å². The molecule has 1 unspecified atom stereocenters. The maximum atomic E-state index is 12.6. The Morgan fingerprint density at radius 1 is 1.52 bits per heavy atom. The molecule has 0 bridgehead atoms. The first-order valence-electron chi connectivity index (χ1n) is 6.93. The molecule has 114 valence electrons. The number of H-pyrrole nitrogens is 1. The fourth-order valence-corrected chi connectivity index (χ4v) is 3.42. The highest BCUT2D eigenvalue weighted by atomic mass is 32.1. The Hall–Kier alpha value is -1.47. The predicted octanol–water partition coefficient (Wildman–Crippen LogP) is 3.20. The summed E-state index contributed by atoms with van der Waals surface area (Å²) in [5, 5.41) is 0.570. The van der Waals surface area contributed by atoms with Crippen LogP contribution >= 0.6 is 23.6 Å². The molecule has 0 aliphatic rings. The molecule has 0 saturated carbocycles. The van der Waals surface area contributed by atoms with Crippen molar-refractivity contribution in [3.05, 3.63) is 26.1 Å². The number of ether oxygens (including phenoxy) is 1. The van der Waals surface area contributed by atoms with Crippen molar-refractivity contribution in [1.82, 2.24) is 9.55 Å². The van der Waals surface area contributed by atoms with Gasteiger partial charge in [0.2, 0.25) is 0 Å². The standard InChI is InChI=1S/C14H18N2O3S2/c1-4-6-19-13(18)8(3)16-12(17)10-7-9(5-2)21-11(10)15-14(16)20/h7-8H,4-6H2,1-3H3,(H,15,20). The molecule has 2 heterocycles. The van der Waals surface area contributed by atoms with Gasteiger partial charge in [-0.05, 0) is 38.0 Å². The quantitative estimate of drug-likeness (QED) is 0.677. The molecule has 0 aromatic carbocycles. The molecule has 0 aliphatic heterocycles. The van der Waals surface area contributed by atoms with Gasteiger partial charge in [-0.25, -0.2) is 4.79 Å². The van der Waals surface area contributed by atoms with Gasteiger partial charge in [0.15, 0.2) is 4.77 Å². The van der Waals surface area contributed by atoms with Crippen molar-refractivity contribution in [2.45, 2.75) is 39.7 Å². The lowest BCUT2D eigenvalue weighted by Gasteiger charge is -2.14. The zero-order chi connectivity index (χ0) is 15.6. The number of hydrogen-bond acceptors (Lipinski definition) is 5. The Kier molecular flexibility index (Phi) is 4.95. The number of hydrogen-bond donors (Lipinski definition) is 1. The summed E-state index contributed by atoms with van der Waals surface area (Å²) in [6.45, 7) is 5.92. The molecular formula is C14H18N2O3S2. The van der Waals surface area contributed by atoms with E-state index in [1.807, 2.05) is 19.9 Å². The van der Waals surface area contributed by atoms with Crippen molar-refractivity contribution in [2.75, 3.05) is 6.61 Å². The van der Waals surface area contributed by atoms with Gasteiger partial charge < -0.3 is 9.72 Å². The topological polar surface area (TPSA) is 64.1 Å².